The lowest BCUT2D eigenvalue weighted by Crippen LogP contribution is -2.35. The van der Waals surface area contributed by atoms with E-state index in [1.165, 1.54) is 5.56 Å². The van der Waals surface area contributed by atoms with Crippen LogP contribution in [0.25, 0.3) is 0 Å². The van der Waals surface area contributed by atoms with E-state index in [0.717, 1.165) is 6.54 Å². The zero-order chi connectivity index (χ0) is 15.1. The van der Waals surface area contributed by atoms with Crippen molar-refractivity contribution < 1.29 is 13.9 Å². The van der Waals surface area contributed by atoms with Crippen LogP contribution >= 0.6 is 0 Å². The molecule has 112 valence electrons. The van der Waals surface area contributed by atoms with Crippen LogP contribution in [0, 0.1) is 0 Å². The summed E-state index contributed by atoms with van der Waals surface area (Å²) in [5.41, 5.74) is 1.17. The van der Waals surface area contributed by atoms with Gasteiger partial charge in [-0.05, 0) is 43.8 Å². The molecule has 0 saturated heterocycles. The van der Waals surface area contributed by atoms with Crippen molar-refractivity contribution in [1.29, 1.82) is 0 Å². The molecule has 0 aliphatic rings. The maximum Gasteiger partial charge on any atom is 0.261 e. The van der Waals surface area contributed by atoms with E-state index in [1.807, 2.05) is 37.4 Å². The van der Waals surface area contributed by atoms with Crippen LogP contribution in [0.2, 0.25) is 0 Å². The summed E-state index contributed by atoms with van der Waals surface area (Å²) in [6.07, 6.45) is 1.02. The Labute approximate surface area is 124 Å². The molecule has 0 bridgehead atoms. The highest BCUT2D eigenvalue weighted by Gasteiger charge is 2.14. The maximum absolute atomic E-state index is 11.9. The predicted molar refractivity (Wildman–Crippen MR) is 79.9 cm³/mol. The van der Waals surface area contributed by atoms with Gasteiger partial charge in [-0.2, -0.15) is 0 Å². The number of carbonyl (C=O) groups excluding carboxylic acids is 1. The second-order valence-corrected chi connectivity index (χ2v) is 4.73. The van der Waals surface area contributed by atoms with Gasteiger partial charge in [0, 0.05) is 6.54 Å². The summed E-state index contributed by atoms with van der Waals surface area (Å²) in [5, 5.41) is 5.85. The van der Waals surface area contributed by atoms with Gasteiger partial charge in [0.2, 0.25) is 0 Å². The monoisotopic (exact) mass is 288 g/mol. The van der Waals surface area contributed by atoms with Crippen molar-refractivity contribution in [1.82, 2.24) is 10.6 Å². The number of carbonyl (C=O) groups is 1. The number of hydrogen-bond donors (Lipinski definition) is 2. The molecule has 0 spiro atoms. The van der Waals surface area contributed by atoms with Gasteiger partial charge in [0.1, 0.15) is 11.5 Å². The average Bonchev–Trinajstić information content (AvgIpc) is 3.00. The van der Waals surface area contributed by atoms with Crippen molar-refractivity contribution in [2.45, 2.75) is 26.1 Å². The normalized spacial score (nSPS) is 11.9. The number of furan rings is 1. The smallest absolute Gasteiger partial charge is 0.261 e. The molecule has 2 rings (SSSR count). The summed E-state index contributed by atoms with van der Waals surface area (Å²) < 4.78 is 10.8. The Balaban J connectivity index is 1.82. The fourth-order valence-electron chi connectivity index (χ4n) is 1.88. The van der Waals surface area contributed by atoms with Gasteiger partial charge in [-0.1, -0.05) is 12.1 Å². The van der Waals surface area contributed by atoms with Gasteiger partial charge < -0.3 is 19.8 Å². The van der Waals surface area contributed by atoms with E-state index in [0.29, 0.717) is 18.1 Å². The molecule has 5 nitrogen and oxygen atoms in total. The summed E-state index contributed by atoms with van der Waals surface area (Å²) in [4.78, 5) is 11.9. The minimum Gasteiger partial charge on any atom is -0.481 e. The van der Waals surface area contributed by atoms with Crippen LogP contribution < -0.4 is 15.4 Å². The molecule has 0 aliphatic heterocycles. The Hall–Kier alpha value is -2.27. The van der Waals surface area contributed by atoms with Gasteiger partial charge in [-0.15, -0.1) is 0 Å². The van der Waals surface area contributed by atoms with Crippen LogP contribution in [0.15, 0.2) is 47.1 Å². The molecule has 21 heavy (non-hydrogen) atoms. The first-order valence-electron chi connectivity index (χ1n) is 6.89. The molecule has 1 aromatic heterocycles. The van der Waals surface area contributed by atoms with Crippen molar-refractivity contribution in [3.05, 3.63) is 54.0 Å². The number of nitrogens with one attached hydrogen (secondary N) is 2. The van der Waals surface area contributed by atoms with Crippen LogP contribution in [-0.4, -0.2) is 19.1 Å². The van der Waals surface area contributed by atoms with E-state index in [1.54, 1.807) is 19.3 Å². The molecule has 1 amide bonds. The molecule has 2 aromatic rings. The molecule has 0 aliphatic carbocycles. The lowest BCUT2D eigenvalue weighted by molar-refractivity contribution is -0.127. The van der Waals surface area contributed by atoms with Gasteiger partial charge in [0.15, 0.2) is 6.10 Å². The van der Waals surface area contributed by atoms with Crippen LogP contribution in [0.3, 0.4) is 0 Å². The van der Waals surface area contributed by atoms with Crippen molar-refractivity contribution >= 4 is 5.91 Å². The second kappa shape index (κ2) is 7.50. The zero-order valence-electron chi connectivity index (χ0n) is 12.3. The molecule has 1 unspecified atom stereocenters. The summed E-state index contributed by atoms with van der Waals surface area (Å²) in [7, 11) is 1.90. The second-order valence-electron chi connectivity index (χ2n) is 4.73. The third-order valence-corrected chi connectivity index (χ3v) is 3.00. The van der Waals surface area contributed by atoms with Crippen molar-refractivity contribution in [2.24, 2.45) is 0 Å². The van der Waals surface area contributed by atoms with Gasteiger partial charge >= 0.3 is 0 Å². The molecule has 0 radical (unpaired) electrons. The van der Waals surface area contributed by atoms with E-state index >= 15 is 0 Å². The highest BCUT2D eigenvalue weighted by Crippen LogP contribution is 2.14. The van der Waals surface area contributed by atoms with E-state index < -0.39 is 6.10 Å². The van der Waals surface area contributed by atoms with Gasteiger partial charge in [-0.25, -0.2) is 0 Å². The number of hydrogen-bond acceptors (Lipinski definition) is 4. The summed E-state index contributed by atoms with van der Waals surface area (Å²) in [6.45, 7) is 2.89. The van der Waals surface area contributed by atoms with E-state index in [4.69, 9.17) is 9.15 Å². The minimum absolute atomic E-state index is 0.175. The number of ether oxygens (including phenoxy) is 1. The van der Waals surface area contributed by atoms with Gasteiger partial charge in [0.05, 0.1) is 12.8 Å². The quantitative estimate of drug-likeness (QED) is 0.819. The Bertz CT molecular complexity index is 549. The van der Waals surface area contributed by atoms with Crippen molar-refractivity contribution in [3.63, 3.8) is 0 Å². The zero-order valence-corrected chi connectivity index (χ0v) is 12.3. The number of rotatable bonds is 7. The molecule has 0 fully saturated rings. The first-order valence-corrected chi connectivity index (χ1v) is 6.89. The third-order valence-electron chi connectivity index (χ3n) is 3.00. The van der Waals surface area contributed by atoms with Crippen LogP contribution in [0.4, 0.5) is 0 Å². The Morgan fingerprint density at radius 3 is 2.62 bits per heavy atom. The molecule has 5 heteroatoms. The lowest BCUT2D eigenvalue weighted by Gasteiger charge is -2.14. The maximum atomic E-state index is 11.9. The predicted octanol–water partition coefficient (Wildman–Crippen LogP) is 2.08. The fourth-order valence-corrected chi connectivity index (χ4v) is 1.88. The lowest BCUT2D eigenvalue weighted by atomic mass is 10.2. The SMILES string of the molecule is CNCc1ccc(OC(C)C(=O)NCc2ccco2)cc1. The Kier molecular flexibility index (Phi) is 5.40. The molecule has 0 saturated carbocycles. The van der Waals surface area contributed by atoms with E-state index in [2.05, 4.69) is 10.6 Å². The van der Waals surface area contributed by atoms with Crippen molar-refractivity contribution in [2.75, 3.05) is 7.05 Å². The fraction of sp³-hybridized carbons (Fsp3) is 0.312. The average molecular weight is 288 g/mol. The topological polar surface area (TPSA) is 63.5 Å². The molecular weight excluding hydrogens is 268 g/mol. The van der Waals surface area contributed by atoms with Crippen molar-refractivity contribution in [3.8, 4) is 5.75 Å². The van der Waals surface area contributed by atoms with Crippen LogP contribution in [0.1, 0.15) is 18.2 Å². The van der Waals surface area contributed by atoms with E-state index in [-0.39, 0.29) is 5.91 Å². The number of amides is 1. The molecule has 1 heterocycles. The molecule has 1 aromatic carbocycles. The Morgan fingerprint density at radius 2 is 2.00 bits per heavy atom. The van der Waals surface area contributed by atoms with Gasteiger partial charge in [-0.3, -0.25) is 4.79 Å². The molecule has 2 N–H and O–H groups in total. The minimum atomic E-state index is -0.560. The highest BCUT2D eigenvalue weighted by molar-refractivity contribution is 5.80. The third kappa shape index (κ3) is 4.65. The van der Waals surface area contributed by atoms with Gasteiger partial charge in [0.25, 0.3) is 5.91 Å². The summed E-state index contributed by atoms with van der Waals surface area (Å²) in [5.74, 6) is 1.22. The van der Waals surface area contributed by atoms with Crippen LogP contribution in [0.5, 0.6) is 5.75 Å². The Morgan fingerprint density at radius 1 is 1.24 bits per heavy atom. The first kappa shape index (κ1) is 15.1. The largest absolute Gasteiger partial charge is 0.481 e. The standard InChI is InChI=1S/C16H20N2O3/c1-12(16(19)18-11-15-4-3-9-20-15)21-14-7-5-13(6-8-14)10-17-2/h3-9,12,17H,10-11H2,1-2H3,(H,18,19). The highest BCUT2D eigenvalue weighted by atomic mass is 16.5. The van der Waals surface area contributed by atoms with E-state index in [9.17, 15) is 4.79 Å². The number of benzene rings is 1. The molecular formula is C16H20N2O3. The summed E-state index contributed by atoms with van der Waals surface area (Å²) in [6, 6.07) is 11.3. The first-order chi connectivity index (χ1) is 10.2. The van der Waals surface area contributed by atoms with Crippen LogP contribution in [-0.2, 0) is 17.9 Å². The molecule has 1 atom stereocenters. The summed E-state index contributed by atoms with van der Waals surface area (Å²) >= 11 is 0.